The van der Waals surface area contributed by atoms with Crippen LogP contribution in [0.4, 0.5) is 5.69 Å². The molecule has 1 saturated heterocycles. The maximum Gasteiger partial charge on any atom is 0.300 e. The van der Waals surface area contributed by atoms with Crippen molar-refractivity contribution in [2.75, 3.05) is 12.0 Å². The maximum atomic E-state index is 12.9. The minimum absolute atomic E-state index is 0.0792. The number of nitriles is 1. The number of amides is 1. The van der Waals surface area contributed by atoms with Crippen molar-refractivity contribution < 1.29 is 23.8 Å². The smallest absolute Gasteiger partial charge is 0.300 e. The average Bonchev–Trinajstić information content (AvgIpc) is 3.40. The van der Waals surface area contributed by atoms with Gasteiger partial charge in [-0.3, -0.25) is 14.5 Å². The number of rotatable bonds is 4. The minimum Gasteiger partial charge on any atom is -0.507 e. The Bertz CT molecular complexity index is 1170. The van der Waals surface area contributed by atoms with E-state index < -0.39 is 17.7 Å². The first-order valence-corrected chi connectivity index (χ1v) is 9.04. The summed E-state index contributed by atoms with van der Waals surface area (Å²) in [4.78, 5) is 27.1. The molecule has 2 heterocycles. The highest BCUT2D eigenvalue weighted by molar-refractivity contribution is 6.51. The molecule has 0 spiro atoms. The predicted molar refractivity (Wildman–Crippen MR) is 108 cm³/mol. The molecule has 7 nitrogen and oxygen atoms in total. The summed E-state index contributed by atoms with van der Waals surface area (Å²) < 4.78 is 10.6. The number of benzene rings is 2. The number of ether oxygens (including phenoxy) is 1. The number of Topliss-reactive ketones (excluding diaryl/α,β-unsaturated/α-hetero) is 1. The number of carbonyl (C=O) groups excluding carboxylic acids is 2. The molecule has 1 unspecified atom stereocenters. The van der Waals surface area contributed by atoms with Gasteiger partial charge in [-0.1, -0.05) is 0 Å². The molecule has 3 aromatic rings. The van der Waals surface area contributed by atoms with Crippen molar-refractivity contribution in [2.45, 2.75) is 6.04 Å². The van der Waals surface area contributed by atoms with Gasteiger partial charge in [0.2, 0.25) is 0 Å². The average molecular weight is 400 g/mol. The van der Waals surface area contributed by atoms with Gasteiger partial charge in [0.25, 0.3) is 11.7 Å². The third-order valence-corrected chi connectivity index (χ3v) is 4.90. The Kier molecular flexibility index (Phi) is 4.82. The van der Waals surface area contributed by atoms with Gasteiger partial charge in [0.1, 0.15) is 23.3 Å². The fourth-order valence-electron chi connectivity index (χ4n) is 3.42. The Labute approximate surface area is 172 Å². The Balaban J connectivity index is 1.87. The van der Waals surface area contributed by atoms with Crippen molar-refractivity contribution in [3.63, 3.8) is 0 Å². The van der Waals surface area contributed by atoms with Crippen LogP contribution in [0.2, 0.25) is 0 Å². The van der Waals surface area contributed by atoms with Gasteiger partial charge in [-0.25, -0.2) is 0 Å². The first-order chi connectivity index (χ1) is 14.5. The number of hydrogen-bond acceptors (Lipinski definition) is 6. The summed E-state index contributed by atoms with van der Waals surface area (Å²) >= 11 is 0. The van der Waals surface area contributed by atoms with Crippen molar-refractivity contribution >= 4 is 23.1 Å². The molecular weight excluding hydrogens is 384 g/mol. The van der Waals surface area contributed by atoms with Crippen molar-refractivity contribution in [3.05, 3.63) is 89.4 Å². The van der Waals surface area contributed by atoms with E-state index in [4.69, 9.17) is 14.4 Å². The molecule has 0 bridgehead atoms. The second kappa shape index (κ2) is 7.60. The Hall–Kier alpha value is -4.31. The number of carbonyl (C=O) groups is 2. The molecule has 0 radical (unpaired) electrons. The van der Waals surface area contributed by atoms with Gasteiger partial charge in [-0.2, -0.15) is 5.26 Å². The summed E-state index contributed by atoms with van der Waals surface area (Å²) in [5.74, 6) is -1.01. The van der Waals surface area contributed by atoms with Crippen LogP contribution in [0.25, 0.3) is 5.76 Å². The fraction of sp³-hybridized carbons (Fsp3) is 0.0870. The van der Waals surface area contributed by atoms with Crippen LogP contribution in [0.5, 0.6) is 5.75 Å². The highest BCUT2D eigenvalue weighted by Crippen LogP contribution is 2.42. The normalized spacial score (nSPS) is 17.7. The summed E-state index contributed by atoms with van der Waals surface area (Å²) in [7, 11) is 1.52. The number of aliphatic hydroxyl groups is 1. The van der Waals surface area contributed by atoms with Gasteiger partial charge in [0, 0.05) is 11.3 Å². The molecule has 0 aliphatic carbocycles. The molecule has 4 rings (SSSR count). The van der Waals surface area contributed by atoms with E-state index in [-0.39, 0.29) is 11.3 Å². The van der Waals surface area contributed by atoms with Crippen molar-refractivity contribution in [2.24, 2.45) is 0 Å². The summed E-state index contributed by atoms with van der Waals surface area (Å²) in [5, 5.41) is 20.0. The lowest BCUT2D eigenvalue weighted by Crippen LogP contribution is -2.29. The van der Waals surface area contributed by atoms with Gasteiger partial charge < -0.3 is 14.3 Å². The van der Waals surface area contributed by atoms with E-state index in [0.29, 0.717) is 28.3 Å². The summed E-state index contributed by atoms with van der Waals surface area (Å²) in [6.45, 7) is 0. The minimum atomic E-state index is -0.949. The molecule has 1 fully saturated rings. The monoisotopic (exact) mass is 400 g/mol. The van der Waals surface area contributed by atoms with Gasteiger partial charge in [-0.05, 0) is 60.7 Å². The topological polar surface area (TPSA) is 104 Å². The number of aliphatic hydroxyl groups excluding tert-OH is 1. The van der Waals surface area contributed by atoms with E-state index >= 15 is 0 Å². The quantitative estimate of drug-likeness (QED) is 0.406. The van der Waals surface area contributed by atoms with Gasteiger partial charge in [0.05, 0.1) is 30.6 Å². The Morgan fingerprint density at radius 2 is 1.80 bits per heavy atom. The molecular formula is C23H16N2O5. The van der Waals surface area contributed by atoms with Crippen LogP contribution in [0.15, 0.2) is 76.9 Å². The molecule has 148 valence electrons. The SMILES string of the molecule is COc1ccc(/C(O)=C2/C(=O)C(=O)N(c3ccc(C#N)cc3)C2c2ccco2)cc1. The number of methoxy groups -OCH3 is 1. The van der Waals surface area contributed by atoms with E-state index in [2.05, 4.69) is 0 Å². The zero-order valence-electron chi connectivity index (χ0n) is 15.9. The molecule has 30 heavy (non-hydrogen) atoms. The second-order valence-electron chi connectivity index (χ2n) is 6.57. The molecule has 1 N–H and O–H groups in total. The van der Waals surface area contributed by atoms with E-state index in [0.717, 1.165) is 0 Å². The lowest BCUT2D eigenvalue weighted by molar-refractivity contribution is -0.132. The predicted octanol–water partition coefficient (Wildman–Crippen LogP) is 3.79. The van der Waals surface area contributed by atoms with E-state index in [1.165, 1.54) is 18.3 Å². The van der Waals surface area contributed by atoms with Crippen LogP contribution in [-0.2, 0) is 9.59 Å². The molecule has 1 aliphatic heterocycles. The largest absolute Gasteiger partial charge is 0.507 e. The first kappa shape index (κ1) is 19.0. The lowest BCUT2D eigenvalue weighted by Gasteiger charge is -2.23. The summed E-state index contributed by atoms with van der Waals surface area (Å²) in [5.41, 5.74) is 1.11. The number of hydrogen-bond donors (Lipinski definition) is 1. The van der Waals surface area contributed by atoms with Crippen LogP contribution >= 0.6 is 0 Å². The molecule has 7 heteroatoms. The molecule has 1 amide bonds. The van der Waals surface area contributed by atoms with E-state index in [9.17, 15) is 14.7 Å². The van der Waals surface area contributed by atoms with E-state index in [1.807, 2.05) is 6.07 Å². The highest BCUT2D eigenvalue weighted by Gasteiger charge is 2.48. The molecule has 1 atom stereocenters. The van der Waals surface area contributed by atoms with Crippen LogP contribution in [0, 0.1) is 11.3 Å². The number of furan rings is 1. The van der Waals surface area contributed by atoms with Crippen LogP contribution < -0.4 is 9.64 Å². The number of nitrogens with zero attached hydrogens (tertiary/aromatic N) is 2. The van der Waals surface area contributed by atoms with Crippen LogP contribution in [-0.4, -0.2) is 23.9 Å². The standard InChI is InChI=1S/C23H16N2O5/c1-29-17-10-6-15(7-11-17)21(26)19-20(18-3-2-12-30-18)25(23(28)22(19)27)16-8-4-14(13-24)5-9-16/h2-12,20,26H,1H3/b21-19-. The van der Waals surface area contributed by atoms with Crippen molar-refractivity contribution in [3.8, 4) is 11.8 Å². The third-order valence-electron chi connectivity index (χ3n) is 4.90. The molecule has 2 aromatic carbocycles. The van der Waals surface area contributed by atoms with Gasteiger partial charge >= 0.3 is 0 Å². The zero-order chi connectivity index (χ0) is 21.3. The van der Waals surface area contributed by atoms with E-state index in [1.54, 1.807) is 60.7 Å². The molecule has 1 aromatic heterocycles. The van der Waals surface area contributed by atoms with Gasteiger partial charge in [0.15, 0.2) is 0 Å². The van der Waals surface area contributed by atoms with Crippen molar-refractivity contribution in [1.82, 2.24) is 0 Å². The summed E-state index contributed by atoms with van der Waals surface area (Å²) in [6, 6.07) is 17.1. The Morgan fingerprint density at radius 1 is 1.10 bits per heavy atom. The van der Waals surface area contributed by atoms with Crippen molar-refractivity contribution in [1.29, 1.82) is 5.26 Å². The molecule has 0 saturated carbocycles. The fourth-order valence-corrected chi connectivity index (χ4v) is 3.42. The van der Waals surface area contributed by atoms with Crippen LogP contribution in [0.1, 0.15) is 22.9 Å². The summed E-state index contributed by atoms with van der Waals surface area (Å²) in [6.07, 6.45) is 1.43. The lowest BCUT2D eigenvalue weighted by atomic mass is 9.99. The number of anilines is 1. The first-order valence-electron chi connectivity index (χ1n) is 9.04. The second-order valence-corrected chi connectivity index (χ2v) is 6.57. The Morgan fingerprint density at radius 3 is 2.37 bits per heavy atom. The molecule has 1 aliphatic rings. The number of ketones is 1. The van der Waals surface area contributed by atoms with Gasteiger partial charge in [-0.15, -0.1) is 0 Å². The highest BCUT2D eigenvalue weighted by atomic mass is 16.5. The maximum absolute atomic E-state index is 12.9. The van der Waals surface area contributed by atoms with Crippen LogP contribution in [0.3, 0.4) is 0 Å². The zero-order valence-corrected chi connectivity index (χ0v) is 15.9. The third kappa shape index (κ3) is 3.10.